The van der Waals surface area contributed by atoms with Crippen molar-refractivity contribution in [2.75, 3.05) is 46.9 Å². The fourth-order valence-electron chi connectivity index (χ4n) is 2.70. The van der Waals surface area contributed by atoms with Crippen LogP contribution in [0.1, 0.15) is 32.6 Å². The third kappa shape index (κ3) is 5.19. The minimum Gasteiger partial charge on any atom is -0.395 e. The third-order valence-corrected chi connectivity index (χ3v) is 3.89. The molecule has 0 aromatic heterocycles. The van der Waals surface area contributed by atoms with Gasteiger partial charge in [-0.05, 0) is 19.3 Å². The molecule has 21 heavy (non-hydrogen) atoms. The number of carbonyl (C=O) groups excluding carboxylic acids is 2. The second kappa shape index (κ2) is 8.87. The highest BCUT2D eigenvalue weighted by Gasteiger charge is 2.31. The first-order valence-corrected chi connectivity index (χ1v) is 7.87. The number of amides is 3. The van der Waals surface area contributed by atoms with E-state index in [-0.39, 0.29) is 24.5 Å². The predicted molar refractivity (Wildman–Crippen MR) is 82.0 cm³/mol. The smallest absolute Gasteiger partial charge is 0.319 e. The lowest BCUT2D eigenvalue weighted by Gasteiger charge is -2.36. The lowest BCUT2D eigenvalue weighted by molar-refractivity contribution is -0.137. The second-order valence-electron chi connectivity index (χ2n) is 5.86. The SMILES string of the molecule is CCCCN(CCO)C(=O)C1CCCN(C(=O)N(C)C)C1. The molecule has 0 bridgehead atoms. The average molecular weight is 299 g/mol. The van der Waals surface area contributed by atoms with Crippen LogP contribution in [-0.4, -0.2) is 78.6 Å². The molecular formula is C15H29N3O3. The van der Waals surface area contributed by atoms with Gasteiger partial charge in [0.05, 0.1) is 12.5 Å². The Kier molecular flexibility index (Phi) is 7.50. The Labute approximate surface area is 127 Å². The first kappa shape index (κ1) is 17.8. The minimum atomic E-state index is -0.133. The van der Waals surface area contributed by atoms with Gasteiger partial charge in [0.25, 0.3) is 0 Å². The lowest BCUT2D eigenvalue weighted by atomic mass is 9.96. The molecule has 0 aliphatic carbocycles. The summed E-state index contributed by atoms with van der Waals surface area (Å²) in [5, 5.41) is 9.13. The van der Waals surface area contributed by atoms with Crippen molar-refractivity contribution in [3.05, 3.63) is 0 Å². The van der Waals surface area contributed by atoms with Crippen molar-refractivity contribution in [2.24, 2.45) is 5.92 Å². The van der Waals surface area contributed by atoms with Crippen LogP contribution in [0, 0.1) is 5.92 Å². The molecule has 1 unspecified atom stereocenters. The molecule has 1 fully saturated rings. The Morgan fingerprint density at radius 1 is 1.29 bits per heavy atom. The van der Waals surface area contributed by atoms with Crippen molar-refractivity contribution in [3.63, 3.8) is 0 Å². The fraction of sp³-hybridized carbons (Fsp3) is 0.867. The van der Waals surface area contributed by atoms with Gasteiger partial charge in [0.15, 0.2) is 0 Å². The van der Waals surface area contributed by atoms with Gasteiger partial charge in [0.1, 0.15) is 0 Å². The molecule has 0 aromatic rings. The second-order valence-corrected chi connectivity index (χ2v) is 5.86. The molecule has 0 spiro atoms. The van der Waals surface area contributed by atoms with Crippen LogP contribution in [0.5, 0.6) is 0 Å². The molecule has 1 saturated heterocycles. The zero-order chi connectivity index (χ0) is 15.8. The monoisotopic (exact) mass is 299 g/mol. The van der Waals surface area contributed by atoms with Crippen LogP contribution >= 0.6 is 0 Å². The van der Waals surface area contributed by atoms with Crippen LogP contribution < -0.4 is 0 Å². The third-order valence-electron chi connectivity index (χ3n) is 3.89. The quantitative estimate of drug-likeness (QED) is 0.796. The van der Waals surface area contributed by atoms with Crippen molar-refractivity contribution in [1.82, 2.24) is 14.7 Å². The predicted octanol–water partition coefficient (Wildman–Crippen LogP) is 1.00. The summed E-state index contributed by atoms with van der Waals surface area (Å²) in [5.41, 5.74) is 0. The molecule has 0 saturated carbocycles. The van der Waals surface area contributed by atoms with Crippen LogP contribution in [0.4, 0.5) is 4.79 Å². The van der Waals surface area contributed by atoms with E-state index in [1.165, 1.54) is 0 Å². The van der Waals surface area contributed by atoms with Crippen LogP contribution in [-0.2, 0) is 4.79 Å². The van der Waals surface area contributed by atoms with Crippen LogP contribution in [0.2, 0.25) is 0 Å². The van der Waals surface area contributed by atoms with Gasteiger partial charge >= 0.3 is 6.03 Å². The van der Waals surface area contributed by atoms with E-state index >= 15 is 0 Å². The van der Waals surface area contributed by atoms with Gasteiger partial charge in [-0.2, -0.15) is 0 Å². The summed E-state index contributed by atoms with van der Waals surface area (Å²) in [7, 11) is 3.46. The number of hydrogen-bond acceptors (Lipinski definition) is 3. The van der Waals surface area contributed by atoms with Gasteiger partial charge in [-0.3, -0.25) is 4.79 Å². The molecule has 1 heterocycles. The highest BCUT2D eigenvalue weighted by molar-refractivity contribution is 5.81. The number of aliphatic hydroxyl groups is 1. The van der Waals surface area contributed by atoms with E-state index in [2.05, 4.69) is 6.92 Å². The first-order valence-electron chi connectivity index (χ1n) is 7.87. The van der Waals surface area contributed by atoms with Crippen molar-refractivity contribution < 1.29 is 14.7 Å². The Bertz CT molecular complexity index is 347. The van der Waals surface area contributed by atoms with Crippen molar-refractivity contribution in [3.8, 4) is 0 Å². The zero-order valence-corrected chi connectivity index (χ0v) is 13.5. The molecule has 6 heteroatoms. The van der Waals surface area contributed by atoms with Crippen molar-refractivity contribution >= 4 is 11.9 Å². The molecular weight excluding hydrogens is 270 g/mol. The summed E-state index contributed by atoms with van der Waals surface area (Å²) in [6, 6.07) is -0.0326. The van der Waals surface area contributed by atoms with Gasteiger partial charge in [0, 0.05) is 40.3 Å². The topological polar surface area (TPSA) is 64.1 Å². The molecule has 1 aliphatic heterocycles. The van der Waals surface area contributed by atoms with Gasteiger partial charge in [-0.1, -0.05) is 13.3 Å². The summed E-state index contributed by atoms with van der Waals surface area (Å²) < 4.78 is 0. The fourth-order valence-corrected chi connectivity index (χ4v) is 2.70. The number of unbranched alkanes of at least 4 members (excludes halogenated alkanes) is 1. The molecule has 0 aromatic carbocycles. The minimum absolute atomic E-state index is 0.0114. The molecule has 1 aliphatic rings. The molecule has 6 nitrogen and oxygen atoms in total. The Morgan fingerprint density at radius 2 is 2.00 bits per heavy atom. The maximum atomic E-state index is 12.6. The summed E-state index contributed by atoms with van der Waals surface area (Å²) in [5.74, 6) is -0.0557. The number of likely N-dealkylation sites (tertiary alicyclic amines) is 1. The van der Waals surface area contributed by atoms with Gasteiger partial charge < -0.3 is 19.8 Å². The number of nitrogens with zero attached hydrogens (tertiary/aromatic N) is 3. The number of hydrogen-bond donors (Lipinski definition) is 1. The van der Waals surface area contributed by atoms with E-state index in [0.29, 0.717) is 19.6 Å². The van der Waals surface area contributed by atoms with E-state index in [0.717, 1.165) is 32.2 Å². The van der Waals surface area contributed by atoms with E-state index in [9.17, 15) is 9.59 Å². The average Bonchev–Trinajstić information content (AvgIpc) is 2.50. The number of urea groups is 1. The molecule has 1 rings (SSSR count). The summed E-state index contributed by atoms with van der Waals surface area (Å²) in [6.07, 6.45) is 3.64. The molecule has 122 valence electrons. The first-order chi connectivity index (χ1) is 10.0. The standard InChI is InChI=1S/C15H29N3O3/c1-4-5-8-17(10-11-19)14(20)13-7-6-9-18(12-13)15(21)16(2)3/h13,19H,4-12H2,1-3H3. The van der Waals surface area contributed by atoms with E-state index in [1.807, 2.05) is 0 Å². The highest BCUT2D eigenvalue weighted by atomic mass is 16.3. The van der Waals surface area contributed by atoms with Crippen LogP contribution in [0.3, 0.4) is 0 Å². The summed E-state index contributed by atoms with van der Waals surface area (Å²) in [4.78, 5) is 29.7. The van der Waals surface area contributed by atoms with E-state index in [4.69, 9.17) is 5.11 Å². The zero-order valence-electron chi connectivity index (χ0n) is 13.5. The van der Waals surface area contributed by atoms with E-state index < -0.39 is 0 Å². The van der Waals surface area contributed by atoms with Crippen LogP contribution in [0.25, 0.3) is 0 Å². The normalized spacial score (nSPS) is 18.5. The lowest BCUT2D eigenvalue weighted by Crippen LogP contribution is -2.49. The molecule has 1 atom stereocenters. The number of carbonyl (C=O) groups is 2. The largest absolute Gasteiger partial charge is 0.395 e. The number of piperidine rings is 1. The Balaban J connectivity index is 2.64. The highest BCUT2D eigenvalue weighted by Crippen LogP contribution is 2.20. The van der Waals surface area contributed by atoms with Crippen LogP contribution in [0.15, 0.2) is 0 Å². The maximum absolute atomic E-state index is 12.6. The van der Waals surface area contributed by atoms with E-state index in [1.54, 1.807) is 28.8 Å². The number of rotatable bonds is 6. The Hall–Kier alpha value is -1.30. The maximum Gasteiger partial charge on any atom is 0.319 e. The van der Waals surface area contributed by atoms with Gasteiger partial charge in [-0.15, -0.1) is 0 Å². The van der Waals surface area contributed by atoms with Crippen molar-refractivity contribution in [2.45, 2.75) is 32.6 Å². The Morgan fingerprint density at radius 3 is 2.57 bits per heavy atom. The number of aliphatic hydroxyl groups excluding tert-OH is 1. The molecule has 3 amide bonds. The van der Waals surface area contributed by atoms with Crippen molar-refractivity contribution in [1.29, 1.82) is 0 Å². The summed E-state index contributed by atoms with van der Waals surface area (Å²) in [6.45, 7) is 4.35. The molecule has 0 radical (unpaired) electrons. The van der Waals surface area contributed by atoms with Gasteiger partial charge in [-0.25, -0.2) is 4.79 Å². The summed E-state index contributed by atoms with van der Waals surface area (Å²) >= 11 is 0. The van der Waals surface area contributed by atoms with Gasteiger partial charge in [0.2, 0.25) is 5.91 Å². The molecule has 1 N–H and O–H groups in total.